The molecule has 0 aliphatic rings. The predicted molar refractivity (Wildman–Crippen MR) is 82.1 cm³/mol. The lowest BCUT2D eigenvalue weighted by molar-refractivity contribution is 0.555. The standard InChI is InChI=1S/C16H15N5/c1-11-7-14-16(8-12(11)2)20(9-17-14)10-21-15-6-4-3-5-13(15)18-19-21/h3-9H,10H2,1-2H3. The van der Waals surface area contributed by atoms with E-state index in [0.29, 0.717) is 6.67 Å². The van der Waals surface area contributed by atoms with Gasteiger partial charge in [-0.15, -0.1) is 5.10 Å². The van der Waals surface area contributed by atoms with Crippen LogP contribution in [0.25, 0.3) is 22.1 Å². The fourth-order valence-corrected chi connectivity index (χ4v) is 2.59. The summed E-state index contributed by atoms with van der Waals surface area (Å²) < 4.78 is 3.99. The van der Waals surface area contributed by atoms with Gasteiger partial charge in [-0.05, 0) is 49.2 Å². The molecule has 5 heteroatoms. The van der Waals surface area contributed by atoms with Crippen molar-refractivity contribution in [3.05, 3.63) is 53.9 Å². The molecule has 0 amide bonds. The summed E-state index contributed by atoms with van der Waals surface area (Å²) in [4.78, 5) is 4.48. The second-order valence-electron chi connectivity index (χ2n) is 5.36. The Hall–Kier alpha value is -2.69. The van der Waals surface area contributed by atoms with E-state index in [1.165, 1.54) is 11.1 Å². The Kier molecular flexibility index (Phi) is 2.54. The van der Waals surface area contributed by atoms with Crippen molar-refractivity contribution in [1.29, 1.82) is 0 Å². The van der Waals surface area contributed by atoms with Crippen molar-refractivity contribution in [2.45, 2.75) is 20.5 Å². The molecular formula is C16H15N5. The van der Waals surface area contributed by atoms with E-state index in [-0.39, 0.29) is 0 Å². The van der Waals surface area contributed by atoms with Gasteiger partial charge in [0.05, 0.1) is 22.9 Å². The normalized spacial score (nSPS) is 11.5. The minimum Gasteiger partial charge on any atom is -0.310 e. The highest BCUT2D eigenvalue weighted by molar-refractivity contribution is 5.77. The first-order chi connectivity index (χ1) is 10.2. The molecule has 0 N–H and O–H groups in total. The van der Waals surface area contributed by atoms with Gasteiger partial charge in [-0.3, -0.25) is 0 Å². The fourth-order valence-electron chi connectivity index (χ4n) is 2.59. The molecular weight excluding hydrogens is 262 g/mol. The van der Waals surface area contributed by atoms with E-state index in [0.717, 1.165) is 22.1 Å². The van der Waals surface area contributed by atoms with Crippen LogP contribution in [-0.4, -0.2) is 24.5 Å². The molecule has 0 aliphatic heterocycles. The third-order valence-corrected chi connectivity index (χ3v) is 3.94. The van der Waals surface area contributed by atoms with Crippen molar-refractivity contribution in [3.63, 3.8) is 0 Å². The summed E-state index contributed by atoms with van der Waals surface area (Å²) in [7, 11) is 0. The summed E-state index contributed by atoms with van der Waals surface area (Å²) in [6.45, 7) is 4.84. The molecule has 0 spiro atoms. The van der Waals surface area contributed by atoms with Crippen molar-refractivity contribution in [1.82, 2.24) is 24.5 Å². The monoisotopic (exact) mass is 277 g/mol. The average Bonchev–Trinajstić information content (AvgIpc) is 3.06. The molecule has 5 nitrogen and oxygen atoms in total. The topological polar surface area (TPSA) is 48.5 Å². The molecule has 4 aromatic rings. The molecule has 21 heavy (non-hydrogen) atoms. The van der Waals surface area contributed by atoms with Crippen LogP contribution in [0.5, 0.6) is 0 Å². The molecule has 0 saturated carbocycles. The molecule has 0 fully saturated rings. The maximum absolute atomic E-state index is 4.48. The maximum atomic E-state index is 4.48. The third kappa shape index (κ3) is 1.89. The zero-order valence-electron chi connectivity index (χ0n) is 12.0. The Balaban J connectivity index is 1.82. The molecule has 2 aromatic heterocycles. The quantitative estimate of drug-likeness (QED) is 0.566. The van der Waals surface area contributed by atoms with Crippen molar-refractivity contribution in [3.8, 4) is 0 Å². The predicted octanol–water partition coefficient (Wildman–Crippen LogP) is 2.90. The molecule has 4 rings (SSSR count). The van der Waals surface area contributed by atoms with Crippen LogP contribution in [0.2, 0.25) is 0 Å². The lowest BCUT2D eigenvalue weighted by Gasteiger charge is -2.06. The molecule has 0 bridgehead atoms. The molecule has 104 valence electrons. The summed E-state index contributed by atoms with van der Waals surface area (Å²) in [5.74, 6) is 0. The Labute approximate surface area is 121 Å². The van der Waals surface area contributed by atoms with E-state index in [1.54, 1.807) is 0 Å². The number of aryl methyl sites for hydroxylation is 2. The Bertz CT molecular complexity index is 948. The summed E-state index contributed by atoms with van der Waals surface area (Å²) in [5.41, 5.74) is 6.61. The Morgan fingerprint density at radius 1 is 0.952 bits per heavy atom. The second kappa shape index (κ2) is 4.41. The minimum absolute atomic E-state index is 0.611. The van der Waals surface area contributed by atoms with Crippen LogP contribution in [0.3, 0.4) is 0 Å². The number of aromatic nitrogens is 5. The summed E-state index contributed by atoms with van der Waals surface area (Å²) >= 11 is 0. The first-order valence-corrected chi connectivity index (χ1v) is 6.93. The van der Waals surface area contributed by atoms with Crippen LogP contribution in [0.4, 0.5) is 0 Å². The van der Waals surface area contributed by atoms with E-state index >= 15 is 0 Å². The number of hydrogen-bond acceptors (Lipinski definition) is 3. The first-order valence-electron chi connectivity index (χ1n) is 6.93. The fraction of sp³-hybridized carbons (Fsp3) is 0.188. The van der Waals surface area contributed by atoms with Crippen molar-refractivity contribution in [2.75, 3.05) is 0 Å². The van der Waals surface area contributed by atoms with Gasteiger partial charge in [0, 0.05) is 0 Å². The van der Waals surface area contributed by atoms with Gasteiger partial charge >= 0.3 is 0 Å². The number of para-hydroxylation sites is 1. The van der Waals surface area contributed by atoms with E-state index < -0.39 is 0 Å². The van der Waals surface area contributed by atoms with Crippen LogP contribution < -0.4 is 0 Å². The molecule has 2 heterocycles. The summed E-state index contributed by atoms with van der Waals surface area (Å²) in [6.07, 6.45) is 1.86. The van der Waals surface area contributed by atoms with Gasteiger partial charge in [0.2, 0.25) is 0 Å². The van der Waals surface area contributed by atoms with E-state index in [9.17, 15) is 0 Å². The second-order valence-corrected chi connectivity index (χ2v) is 5.36. The maximum Gasteiger partial charge on any atom is 0.120 e. The summed E-state index contributed by atoms with van der Waals surface area (Å²) in [6, 6.07) is 12.3. The van der Waals surface area contributed by atoms with Crippen molar-refractivity contribution in [2.24, 2.45) is 0 Å². The Morgan fingerprint density at radius 2 is 1.76 bits per heavy atom. The zero-order chi connectivity index (χ0) is 14.4. The number of imidazole rings is 1. The van der Waals surface area contributed by atoms with Crippen LogP contribution in [0, 0.1) is 13.8 Å². The van der Waals surface area contributed by atoms with E-state index in [4.69, 9.17) is 0 Å². The first kappa shape index (κ1) is 12.1. The third-order valence-electron chi connectivity index (χ3n) is 3.94. The SMILES string of the molecule is Cc1cc2ncn(Cn3nnc4ccccc43)c2cc1C. The van der Waals surface area contributed by atoms with Gasteiger partial charge in [0.1, 0.15) is 12.2 Å². The molecule has 0 aliphatic carbocycles. The van der Waals surface area contributed by atoms with Gasteiger partial charge in [-0.1, -0.05) is 17.3 Å². The van der Waals surface area contributed by atoms with Crippen molar-refractivity contribution < 1.29 is 0 Å². The highest BCUT2D eigenvalue weighted by atomic mass is 15.5. The number of rotatable bonds is 2. The van der Waals surface area contributed by atoms with Gasteiger partial charge < -0.3 is 4.57 Å². The van der Waals surface area contributed by atoms with Crippen molar-refractivity contribution >= 4 is 22.1 Å². The number of hydrogen-bond donors (Lipinski definition) is 0. The minimum atomic E-state index is 0.611. The van der Waals surface area contributed by atoms with Gasteiger partial charge in [0.25, 0.3) is 0 Å². The van der Waals surface area contributed by atoms with Gasteiger partial charge in [0.15, 0.2) is 0 Å². The smallest absolute Gasteiger partial charge is 0.120 e. The lowest BCUT2D eigenvalue weighted by atomic mass is 10.1. The number of nitrogens with zero attached hydrogens (tertiary/aromatic N) is 5. The summed E-state index contributed by atoms with van der Waals surface area (Å²) in [5, 5.41) is 8.43. The Morgan fingerprint density at radius 3 is 2.67 bits per heavy atom. The highest BCUT2D eigenvalue weighted by Gasteiger charge is 2.08. The molecule has 0 radical (unpaired) electrons. The van der Waals surface area contributed by atoms with Crippen LogP contribution >= 0.6 is 0 Å². The highest BCUT2D eigenvalue weighted by Crippen LogP contribution is 2.19. The van der Waals surface area contributed by atoms with Gasteiger partial charge in [-0.25, -0.2) is 9.67 Å². The molecule has 2 aromatic carbocycles. The van der Waals surface area contributed by atoms with Crippen LogP contribution in [-0.2, 0) is 6.67 Å². The zero-order valence-corrected chi connectivity index (χ0v) is 12.0. The van der Waals surface area contributed by atoms with Gasteiger partial charge in [-0.2, -0.15) is 0 Å². The average molecular weight is 277 g/mol. The van der Waals surface area contributed by atoms with E-state index in [1.807, 2.05) is 35.3 Å². The number of benzene rings is 2. The van der Waals surface area contributed by atoms with Crippen LogP contribution in [0.15, 0.2) is 42.7 Å². The largest absolute Gasteiger partial charge is 0.310 e. The van der Waals surface area contributed by atoms with Crippen LogP contribution in [0.1, 0.15) is 11.1 Å². The molecule has 0 unspecified atom stereocenters. The molecule has 0 saturated heterocycles. The molecule has 0 atom stereocenters. The van der Waals surface area contributed by atoms with E-state index in [2.05, 4.69) is 45.8 Å². The number of fused-ring (bicyclic) bond motifs is 2. The lowest BCUT2D eigenvalue weighted by Crippen LogP contribution is -2.08.